The lowest BCUT2D eigenvalue weighted by Crippen LogP contribution is -2.11. The van der Waals surface area contributed by atoms with Crippen LogP contribution in [0.5, 0.6) is 0 Å². The molecule has 0 atom stereocenters. The van der Waals surface area contributed by atoms with Crippen LogP contribution in [0.3, 0.4) is 0 Å². The molecule has 0 radical (unpaired) electrons. The third kappa shape index (κ3) is 6.17. The van der Waals surface area contributed by atoms with Crippen LogP contribution in [0.2, 0.25) is 0 Å². The van der Waals surface area contributed by atoms with Gasteiger partial charge in [-0.1, -0.05) is 119 Å². The smallest absolute Gasteiger partial charge is 0.0641 e. The van der Waals surface area contributed by atoms with E-state index in [1.807, 2.05) is 11.3 Å². The summed E-state index contributed by atoms with van der Waals surface area (Å²) in [5.41, 5.74) is 18.7. The zero-order valence-corrected chi connectivity index (χ0v) is 39.2. The van der Waals surface area contributed by atoms with Crippen molar-refractivity contribution in [1.29, 1.82) is 0 Å². The normalized spacial score (nSPS) is 13.4. The van der Waals surface area contributed by atoms with Crippen molar-refractivity contribution in [2.45, 2.75) is 132 Å². The molecule has 0 bridgehead atoms. The fraction of sp³-hybridized carbons (Fsp3) is 0.357. The molecular formula is C56H62N2S. The van der Waals surface area contributed by atoms with E-state index < -0.39 is 0 Å². The van der Waals surface area contributed by atoms with Gasteiger partial charge >= 0.3 is 0 Å². The van der Waals surface area contributed by atoms with Crippen LogP contribution in [-0.4, -0.2) is 9.13 Å². The minimum Gasteiger partial charge on any atom is -0.309 e. The highest BCUT2D eigenvalue weighted by Gasteiger charge is 2.27. The number of hydrogen-bond acceptors (Lipinski definition) is 1. The minimum atomic E-state index is 0.0461. The van der Waals surface area contributed by atoms with Crippen molar-refractivity contribution in [2.24, 2.45) is 0 Å². The third-order valence-electron chi connectivity index (χ3n) is 13.1. The van der Waals surface area contributed by atoms with E-state index in [1.54, 1.807) is 0 Å². The van der Waals surface area contributed by atoms with Crippen molar-refractivity contribution >= 4 is 75.1 Å². The Morgan fingerprint density at radius 2 is 0.746 bits per heavy atom. The van der Waals surface area contributed by atoms with Crippen molar-refractivity contribution in [1.82, 2.24) is 9.13 Å². The number of nitrogens with zero attached hydrogens (tertiary/aromatic N) is 2. The van der Waals surface area contributed by atoms with Crippen LogP contribution in [0.4, 0.5) is 0 Å². The van der Waals surface area contributed by atoms with Crippen LogP contribution < -0.4 is 0 Å². The number of aromatic nitrogens is 2. The maximum absolute atomic E-state index is 2.60. The van der Waals surface area contributed by atoms with Crippen LogP contribution in [0.25, 0.3) is 75.2 Å². The molecule has 0 aliphatic rings. The summed E-state index contributed by atoms with van der Waals surface area (Å²) in [5.74, 6) is 0. The number of thiophene rings is 1. The zero-order valence-electron chi connectivity index (χ0n) is 38.4. The van der Waals surface area contributed by atoms with Gasteiger partial charge in [0.15, 0.2) is 0 Å². The summed E-state index contributed by atoms with van der Waals surface area (Å²) in [4.78, 5) is 0. The van der Waals surface area contributed by atoms with Gasteiger partial charge < -0.3 is 9.13 Å². The van der Waals surface area contributed by atoms with Crippen molar-refractivity contribution in [2.75, 3.05) is 0 Å². The van der Waals surface area contributed by atoms with E-state index in [0.717, 1.165) is 0 Å². The van der Waals surface area contributed by atoms with Gasteiger partial charge in [0, 0.05) is 42.7 Å². The van der Waals surface area contributed by atoms with Gasteiger partial charge in [-0.2, -0.15) is 0 Å². The molecule has 59 heavy (non-hydrogen) atoms. The zero-order chi connectivity index (χ0) is 42.5. The monoisotopic (exact) mass is 794 g/mol. The number of fused-ring (bicyclic) bond motifs is 9. The molecule has 0 saturated carbocycles. The first kappa shape index (κ1) is 39.6. The first-order valence-electron chi connectivity index (χ1n) is 21.6. The van der Waals surface area contributed by atoms with Crippen molar-refractivity contribution in [3.05, 3.63) is 129 Å². The molecule has 0 aliphatic heterocycles. The molecule has 0 saturated heterocycles. The van der Waals surface area contributed by atoms with E-state index in [0.29, 0.717) is 0 Å². The summed E-state index contributed by atoms with van der Waals surface area (Å²) in [5, 5.41) is 8.01. The quantitative estimate of drug-likeness (QED) is 0.165. The van der Waals surface area contributed by atoms with E-state index >= 15 is 0 Å². The maximum atomic E-state index is 2.60. The highest BCUT2D eigenvalue weighted by atomic mass is 32.1. The molecule has 9 rings (SSSR count). The van der Waals surface area contributed by atoms with Gasteiger partial charge in [0.25, 0.3) is 0 Å². The molecule has 0 amide bonds. The van der Waals surface area contributed by atoms with Crippen LogP contribution in [-0.2, 0) is 21.7 Å². The average molecular weight is 795 g/mol. The van der Waals surface area contributed by atoms with E-state index in [2.05, 4.69) is 205 Å². The first-order chi connectivity index (χ1) is 27.4. The largest absolute Gasteiger partial charge is 0.309 e. The number of rotatable bonds is 2. The predicted octanol–water partition coefficient (Wildman–Crippen LogP) is 16.7. The summed E-state index contributed by atoms with van der Waals surface area (Å²) in [6, 6.07) is 33.8. The van der Waals surface area contributed by atoms with Crippen molar-refractivity contribution in [3.63, 3.8) is 0 Å². The molecule has 3 aromatic heterocycles. The molecule has 6 aromatic carbocycles. The van der Waals surface area contributed by atoms with E-state index in [-0.39, 0.29) is 21.7 Å². The Bertz CT molecular complexity index is 3060. The van der Waals surface area contributed by atoms with Gasteiger partial charge in [-0.05, 0) is 142 Å². The molecule has 0 unspecified atom stereocenters. The standard InChI is InChI=1S/C56H62N2S/c1-31-22-35(53(5,6)7)26-42-43-27-36(54(8,9)10)23-32(2)49(43)57(48(31)42)39-20-21-47-41(30-39)40-18-17-19-46(52(40)59-47)58-50-33(3)24-37(55(11,12)13)28-44(50)45-29-38(56(14,15)16)25-34(4)51(45)58/h17-30H,1-16H3. The summed E-state index contributed by atoms with van der Waals surface area (Å²) < 4.78 is 7.82. The van der Waals surface area contributed by atoms with Gasteiger partial charge in [0.2, 0.25) is 0 Å². The molecule has 0 fully saturated rings. The van der Waals surface area contributed by atoms with Gasteiger partial charge in [-0.25, -0.2) is 0 Å². The molecule has 0 aliphatic carbocycles. The number of hydrogen-bond donors (Lipinski definition) is 0. The molecular weight excluding hydrogens is 733 g/mol. The lowest BCUT2D eigenvalue weighted by Gasteiger charge is -2.21. The molecule has 9 aromatic rings. The molecule has 3 heterocycles. The molecule has 2 nitrogen and oxygen atoms in total. The summed E-state index contributed by atoms with van der Waals surface area (Å²) in [7, 11) is 0. The van der Waals surface area contributed by atoms with Gasteiger partial charge in [-0.3, -0.25) is 0 Å². The Labute approximate surface area is 355 Å². The summed E-state index contributed by atoms with van der Waals surface area (Å²) in [6.07, 6.45) is 0. The van der Waals surface area contributed by atoms with Gasteiger partial charge in [0.1, 0.15) is 0 Å². The third-order valence-corrected chi connectivity index (χ3v) is 14.3. The van der Waals surface area contributed by atoms with E-state index in [4.69, 9.17) is 0 Å². The topological polar surface area (TPSA) is 9.86 Å². The van der Waals surface area contributed by atoms with Crippen LogP contribution >= 0.6 is 11.3 Å². The second kappa shape index (κ2) is 12.8. The number of aryl methyl sites for hydroxylation is 4. The van der Waals surface area contributed by atoms with Crippen LogP contribution in [0, 0.1) is 27.7 Å². The Kier molecular flexibility index (Phi) is 8.61. The molecule has 3 heteroatoms. The number of benzene rings is 6. The second-order valence-corrected chi connectivity index (χ2v) is 22.9. The maximum Gasteiger partial charge on any atom is 0.0641 e. The summed E-state index contributed by atoms with van der Waals surface area (Å²) in [6.45, 7) is 37.2. The van der Waals surface area contributed by atoms with E-state index in [9.17, 15) is 0 Å². The molecule has 0 N–H and O–H groups in total. The first-order valence-corrected chi connectivity index (χ1v) is 22.4. The minimum absolute atomic E-state index is 0.0461. The van der Waals surface area contributed by atoms with E-state index in [1.165, 1.54) is 120 Å². The van der Waals surface area contributed by atoms with Crippen molar-refractivity contribution in [3.8, 4) is 11.4 Å². The second-order valence-electron chi connectivity index (χ2n) is 21.9. The average Bonchev–Trinajstić information content (AvgIpc) is 3.79. The summed E-state index contributed by atoms with van der Waals surface area (Å²) >= 11 is 1.93. The Morgan fingerprint density at radius 1 is 0.373 bits per heavy atom. The fourth-order valence-corrected chi connectivity index (χ4v) is 10.9. The van der Waals surface area contributed by atoms with Gasteiger partial charge in [-0.15, -0.1) is 11.3 Å². The van der Waals surface area contributed by atoms with Crippen molar-refractivity contribution < 1.29 is 0 Å². The predicted molar refractivity (Wildman–Crippen MR) is 262 cm³/mol. The SMILES string of the molecule is Cc1cc(C(C)(C)C)cc2c3cc(C(C)(C)C)cc(C)c3n(-c3ccc4sc5c(-n6c7c(C)cc(C(C)(C)C)cc7c7cc(C(C)(C)C)cc(C)c76)cccc5c4c3)c12. The Balaban J connectivity index is 1.34. The molecule has 0 spiro atoms. The Hall–Kier alpha value is -4.86. The van der Waals surface area contributed by atoms with Crippen LogP contribution in [0.1, 0.15) is 128 Å². The van der Waals surface area contributed by atoms with Gasteiger partial charge in [0.05, 0.1) is 32.5 Å². The fourth-order valence-electron chi connectivity index (χ4n) is 9.67. The molecule has 302 valence electrons. The lowest BCUT2D eigenvalue weighted by molar-refractivity contribution is 0.590. The highest BCUT2D eigenvalue weighted by molar-refractivity contribution is 7.26. The van der Waals surface area contributed by atoms with Crippen LogP contribution in [0.15, 0.2) is 84.9 Å². The lowest BCUT2D eigenvalue weighted by atomic mass is 9.83. The highest BCUT2D eigenvalue weighted by Crippen LogP contribution is 2.46. The Morgan fingerprint density at radius 3 is 1.12 bits per heavy atom.